The molecule has 1 aliphatic heterocycles. The van der Waals surface area contributed by atoms with Crippen molar-refractivity contribution < 1.29 is 14.3 Å². The van der Waals surface area contributed by atoms with Gasteiger partial charge in [0.2, 0.25) is 0 Å². The monoisotopic (exact) mass is 282 g/mol. The molecule has 0 spiro atoms. The quantitative estimate of drug-likeness (QED) is 0.854. The zero-order valence-corrected chi connectivity index (χ0v) is 12.2. The van der Waals surface area contributed by atoms with Gasteiger partial charge in [-0.3, -0.25) is 0 Å². The molecule has 0 radical (unpaired) electrons. The van der Waals surface area contributed by atoms with Gasteiger partial charge in [-0.05, 0) is 20.8 Å². The molecule has 1 amide bonds. The first-order valence-corrected chi connectivity index (χ1v) is 6.71. The Morgan fingerprint density at radius 3 is 3.05 bits per heavy atom. The molecule has 7 nitrogen and oxygen atoms in total. The third-order valence-electron chi connectivity index (χ3n) is 2.84. The highest BCUT2D eigenvalue weighted by Gasteiger charge is 2.22. The molecule has 0 fully saturated rings. The maximum atomic E-state index is 11.6. The second-order valence-electron chi connectivity index (χ2n) is 5.82. The SMILES string of the molecule is CC(C)(C)OC(=O)NCC1Cn2cc(CN)nc2CO1. The summed E-state index contributed by atoms with van der Waals surface area (Å²) in [7, 11) is 0. The summed E-state index contributed by atoms with van der Waals surface area (Å²) in [6.07, 6.45) is 1.41. The van der Waals surface area contributed by atoms with Crippen molar-refractivity contribution in [1.82, 2.24) is 14.9 Å². The van der Waals surface area contributed by atoms with Crippen molar-refractivity contribution in [3.8, 4) is 0 Å². The molecule has 7 heteroatoms. The average Bonchev–Trinajstić information content (AvgIpc) is 2.76. The molecular formula is C13H22N4O3. The summed E-state index contributed by atoms with van der Waals surface area (Å²) in [4.78, 5) is 15.9. The van der Waals surface area contributed by atoms with Gasteiger partial charge in [0.05, 0.1) is 18.3 Å². The fraction of sp³-hybridized carbons (Fsp3) is 0.692. The van der Waals surface area contributed by atoms with E-state index >= 15 is 0 Å². The minimum Gasteiger partial charge on any atom is -0.444 e. The van der Waals surface area contributed by atoms with E-state index in [4.69, 9.17) is 15.2 Å². The molecule has 1 aromatic rings. The first-order valence-electron chi connectivity index (χ1n) is 6.71. The fourth-order valence-electron chi connectivity index (χ4n) is 1.98. The predicted molar refractivity (Wildman–Crippen MR) is 72.9 cm³/mol. The summed E-state index contributed by atoms with van der Waals surface area (Å²) >= 11 is 0. The Bertz CT molecular complexity index is 478. The molecule has 0 saturated heterocycles. The van der Waals surface area contributed by atoms with Gasteiger partial charge in [0.15, 0.2) is 0 Å². The van der Waals surface area contributed by atoms with Gasteiger partial charge in [-0.1, -0.05) is 0 Å². The van der Waals surface area contributed by atoms with E-state index in [2.05, 4.69) is 10.3 Å². The lowest BCUT2D eigenvalue weighted by atomic mass is 10.2. The highest BCUT2D eigenvalue weighted by Crippen LogP contribution is 2.14. The van der Waals surface area contributed by atoms with Crippen LogP contribution in [0.3, 0.4) is 0 Å². The predicted octanol–water partition coefficient (Wildman–Crippen LogP) is 0.765. The number of amides is 1. The lowest BCUT2D eigenvalue weighted by molar-refractivity contribution is -0.00105. The molecule has 0 aromatic carbocycles. The molecule has 2 heterocycles. The first-order chi connectivity index (χ1) is 9.37. The molecule has 1 atom stereocenters. The highest BCUT2D eigenvalue weighted by molar-refractivity contribution is 5.67. The molecule has 0 aliphatic carbocycles. The van der Waals surface area contributed by atoms with Crippen LogP contribution in [0.4, 0.5) is 4.79 Å². The number of nitrogens with one attached hydrogen (secondary N) is 1. The van der Waals surface area contributed by atoms with E-state index in [-0.39, 0.29) is 6.10 Å². The third-order valence-corrected chi connectivity index (χ3v) is 2.84. The number of carbonyl (C=O) groups excluding carboxylic acids is 1. The minimum absolute atomic E-state index is 0.0881. The molecule has 1 unspecified atom stereocenters. The van der Waals surface area contributed by atoms with Crippen molar-refractivity contribution in [3.05, 3.63) is 17.7 Å². The van der Waals surface area contributed by atoms with Crippen molar-refractivity contribution in [2.75, 3.05) is 6.54 Å². The number of hydrogen-bond acceptors (Lipinski definition) is 5. The van der Waals surface area contributed by atoms with Crippen LogP contribution in [0, 0.1) is 0 Å². The molecule has 112 valence electrons. The van der Waals surface area contributed by atoms with Crippen molar-refractivity contribution >= 4 is 6.09 Å². The molecular weight excluding hydrogens is 260 g/mol. The number of hydrogen-bond donors (Lipinski definition) is 2. The normalized spacial score (nSPS) is 18.5. The summed E-state index contributed by atoms with van der Waals surface area (Å²) in [6, 6.07) is 0. The minimum atomic E-state index is -0.495. The number of nitrogens with zero attached hydrogens (tertiary/aromatic N) is 2. The van der Waals surface area contributed by atoms with Crippen LogP contribution in [-0.4, -0.2) is 33.9 Å². The Hall–Kier alpha value is -1.60. The van der Waals surface area contributed by atoms with Crippen LogP contribution in [-0.2, 0) is 29.2 Å². The van der Waals surface area contributed by atoms with Crippen LogP contribution in [0.5, 0.6) is 0 Å². The van der Waals surface area contributed by atoms with Gasteiger partial charge in [-0.25, -0.2) is 9.78 Å². The van der Waals surface area contributed by atoms with Crippen molar-refractivity contribution in [2.24, 2.45) is 5.73 Å². The smallest absolute Gasteiger partial charge is 0.407 e. The Morgan fingerprint density at radius 2 is 2.40 bits per heavy atom. The van der Waals surface area contributed by atoms with Crippen LogP contribution >= 0.6 is 0 Å². The van der Waals surface area contributed by atoms with Crippen LogP contribution in [0.2, 0.25) is 0 Å². The van der Waals surface area contributed by atoms with Gasteiger partial charge in [0.25, 0.3) is 0 Å². The van der Waals surface area contributed by atoms with E-state index in [9.17, 15) is 4.79 Å². The zero-order chi connectivity index (χ0) is 14.8. The summed E-state index contributed by atoms with van der Waals surface area (Å²) < 4.78 is 12.8. The maximum Gasteiger partial charge on any atom is 0.407 e. The van der Waals surface area contributed by atoms with Gasteiger partial charge in [-0.15, -0.1) is 0 Å². The second kappa shape index (κ2) is 5.80. The van der Waals surface area contributed by atoms with E-state index in [1.807, 2.05) is 31.5 Å². The first kappa shape index (κ1) is 14.8. The van der Waals surface area contributed by atoms with Gasteiger partial charge in [0, 0.05) is 19.3 Å². The van der Waals surface area contributed by atoms with E-state index in [0.29, 0.717) is 26.2 Å². The van der Waals surface area contributed by atoms with Gasteiger partial charge in [0.1, 0.15) is 18.0 Å². The molecule has 2 rings (SSSR count). The van der Waals surface area contributed by atoms with Crippen LogP contribution < -0.4 is 11.1 Å². The van der Waals surface area contributed by atoms with Crippen LogP contribution in [0.1, 0.15) is 32.3 Å². The summed E-state index contributed by atoms with van der Waals surface area (Å²) in [5.41, 5.74) is 5.92. The summed E-state index contributed by atoms with van der Waals surface area (Å²) in [5.74, 6) is 0.874. The molecule has 20 heavy (non-hydrogen) atoms. The van der Waals surface area contributed by atoms with E-state index < -0.39 is 11.7 Å². The Labute approximate surface area is 118 Å². The Morgan fingerprint density at radius 1 is 1.65 bits per heavy atom. The maximum absolute atomic E-state index is 11.6. The van der Waals surface area contributed by atoms with Gasteiger partial charge >= 0.3 is 6.09 Å². The standard InChI is InChI=1S/C13H22N4O3/c1-13(2,3)20-12(18)15-5-10-7-17-6-9(4-14)16-11(17)8-19-10/h6,10H,4-5,7-8,14H2,1-3H3,(H,15,18). The Balaban J connectivity index is 1.83. The molecule has 3 N–H and O–H groups in total. The number of aromatic nitrogens is 2. The number of fused-ring (bicyclic) bond motifs is 1. The van der Waals surface area contributed by atoms with Gasteiger partial charge in [-0.2, -0.15) is 0 Å². The lowest BCUT2D eigenvalue weighted by Crippen LogP contribution is -2.40. The third kappa shape index (κ3) is 3.94. The van der Waals surface area contributed by atoms with Crippen molar-refractivity contribution in [1.29, 1.82) is 0 Å². The molecule has 1 aliphatic rings. The van der Waals surface area contributed by atoms with E-state index in [1.165, 1.54) is 0 Å². The van der Waals surface area contributed by atoms with Crippen molar-refractivity contribution in [2.45, 2.75) is 52.2 Å². The molecule has 0 bridgehead atoms. The number of nitrogens with two attached hydrogens (primary N) is 1. The van der Waals surface area contributed by atoms with E-state index in [0.717, 1.165) is 11.5 Å². The number of ether oxygens (including phenoxy) is 2. The molecule has 1 aromatic heterocycles. The number of alkyl carbamates (subject to hydrolysis) is 1. The average molecular weight is 282 g/mol. The fourth-order valence-corrected chi connectivity index (χ4v) is 1.98. The Kier molecular flexibility index (Phi) is 4.29. The van der Waals surface area contributed by atoms with Crippen LogP contribution in [0.25, 0.3) is 0 Å². The van der Waals surface area contributed by atoms with Crippen LogP contribution in [0.15, 0.2) is 6.20 Å². The number of carbonyl (C=O) groups is 1. The highest BCUT2D eigenvalue weighted by atomic mass is 16.6. The molecule has 0 saturated carbocycles. The zero-order valence-electron chi connectivity index (χ0n) is 12.2. The topological polar surface area (TPSA) is 91.4 Å². The van der Waals surface area contributed by atoms with Crippen molar-refractivity contribution in [3.63, 3.8) is 0 Å². The lowest BCUT2D eigenvalue weighted by Gasteiger charge is -2.25. The summed E-state index contributed by atoms with van der Waals surface area (Å²) in [5, 5.41) is 2.72. The van der Waals surface area contributed by atoms with Gasteiger partial charge < -0.3 is 25.1 Å². The largest absolute Gasteiger partial charge is 0.444 e. The number of imidazole rings is 1. The van der Waals surface area contributed by atoms with E-state index in [1.54, 1.807) is 0 Å². The number of rotatable bonds is 3. The summed E-state index contributed by atoms with van der Waals surface area (Å²) in [6.45, 7) is 7.39. The second-order valence-corrected chi connectivity index (χ2v) is 5.82.